The number of aromatic nitrogens is 1. The zero-order valence-electron chi connectivity index (χ0n) is 21.0. The molecule has 0 aliphatic heterocycles. The summed E-state index contributed by atoms with van der Waals surface area (Å²) >= 11 is 0. The molecule has 3 aromatic carbocycles. The van der Waals surface area contributed by atoms with E-state index in [2.05, 4.69) is 135 Å². The van der Waals surface area contributed by atoms with Crippen LogP contribution in [0.15, 0.2) is 115 Å². The summed E-state index contributed by atoms with van der Waals surface area (Å²) in [5.74, 6) is 0. The van der Waals surface area contributed by atoms with Gasteiger partial charge in [0.05, 0.1) is 5.69 Å². The first-order chi connectivity index (χ1) is 17.1. The minimum absolute atomic E-state index is 0.800. The minimum atomic E-state index is 0.800. The van der Waals surface area contributed by atoms with E-state index in [1.165, 1.54) is 55.6 Å². The van der Waals surface area contributed by atoms with Crippen LogP contribution in [0.5, 0.6) is 0 Å². The highest BCUT2D eigenvalue weighted by Crippen LogP contribution is 2.40. The van der Waals surface area contributed by atoms with Crippen LogP contribution in [0.1, 0.15) is 43.4 Å². The summed E-state index contributed by atoms with van der Waals surface area (Å²) in [6, 6.07) is 28.7. The Morgan fingerprint density at radius 2 is 1.57 bits per heavy atom. The molecule has 1 nitrogen and oxygen atoms in total. The standard InChI is InChI=1S/C34H33N/c1-25(2)18-21-30(27-22-19-26(3)20-23-27)24-35-32-17-11-10-16-31(32)33(28-12-6-4-7-13-28)34(35)29-14-8-5-9-15-29/h5-6,8-23H,4,7,24H2,1-3H3/b30-21+. The average Bonchev–Trinajstić information content (AvgIpc) is 3.22. The van der Waals surface area contributed by atoms with Crippen molar-refractivity contribution in [1.29, 1.82) is 0 Å². The van der Waals surface area contributed by atoms with E-state index in [0.717, 1.165) is 19.4 Å². The van der Waals surface area contributed by atoms with Crippen LogP contribution in [0.4, 0.5) is 0 Å². The van der Waals surface area contributed by atoms with Gasteiger partial charge in [-0.1, -0.05) is 114 Å². The number of fused-ring (bicyclic) bond motifs is 1. The van der Waals surface area contributed by atoms with Crippen molar-refractivity contribution in [3.05, 3.63) is 132 Å². The van der Waals surface area contributed by atoms with Crippen molar-refractivity contribution < 1.29 is 0 Å². The van der Waals surface area contributed by atoms with E-state index in [1.807, 2.05) is 0 Å². The summed E-state index contributed by atoms with van der Waals surface area (Å²) in [5, 5.41) is 1.31. The van der Waals surface area contributed by atoms with Crippen LogP contribution in [0, 0.1) is 6.92 Å². The van der Waals surface area contributed by atoms with E-state index >= 15 is 0 Å². The Bertz CT molecular complexity index is 1450. The first-order valence-corrected chi connectivity index (χ1v) is 12.6. The number of hydrogen-bond donors (Lipinski definition) is 0. The van der Waals surface area contributed by atoms with Crippen molar-refractivity contribution in [2.75, 3.05) is 0 Å². The van der Waals surface area contributed by atoms with Gasteiger partial charge in [0.15, 0.2) is 0 Å². The quantitative estimate of drug-likeness (QED) is 0.255. The molecule has 0 unspecified atom stereocenters. The van der Waals surface area contributed by atoms with E-state index in [0.29, 0.717) is 0 Å². The zero-order valence-corrected chi connectivity index (χ0v) is 21.0. The van der Waals surface area contributed by atoms with E-state index in [9.17, 15) is 0 Å². The number of nitrogens with zero attached hydrogens (tertiary/aromatic N) is 1. The molecule has 1 heterocycles. The third kappa shape index (κ3) is 4.86. The van der Waals surface area contributed by atoms with Gasteiger partial charge in [0.2, 0.25) is 0 Å². The molecule has 0 spiro atoms. The van der Waals surface area contributed by atoms with Crippen LogP contribution in [0.25, 0.3) is 33.3 Å². The monoisotopic (exact) mass is 455 g/mol. The molecule has 0 saturated heterocycles. The van der Waals surface area contributed by atoms with Gasteiger partial charge in [-0.2, -0.15) is 0 Å². The largest absolute Gasteiger partial charge is 0.335 e. The Labute approximate surface area is 209 Å². The maximum Gasteiger partial charge on any atom is 0.0574 e. The summed E-state index contributed by atoms with van der Waals surface area (Å²) < 4.78 is 2.52. The molecule has 4 aromatic rings. The molecule has 0 amide bonds. The molecule has 35 heavy (non-hydrogen) atoms. The van der Waals surface area contributed by atoms with E-state index < -0.39 is 0 Å². The second-order valence-corrected chi connectivity index (χ2v) is 9.63. The summed E-state index contributed by atoms with van der Waals surface area (Å²) in [5.41, 5.74) is 11.6. The Morgan fingerprint density at radius 3 is 2.29 bits per heavy atom. The normalized spacial score (nSPS) is 13.7. The number of allylic oxidation sites excluding steroid dienone is 8. The third-order valence-electron chi connectivity index (χ3n) is 6.67. The first kappa shape index (κ1) is 22.9. The van der Waals surface area contributed by atoms with Crippen molar-refractivity contribution in [3.63, 3.8) is 0 Å². The maximum atomic E-state index is 2.52. The number of para-hydroxylation sites is 1. The number of benzene rings is 3. The van der Waals surface area contributed by atoms with Gasteiger partial charge >= 0.3 is 0 Å². The molecule has 1 aliphatic rings. The van der Waals surface area contributed by atoms with E-state index in [1.54, 1.807) is 0 Å². The molecule has 0 bridgehead atoms. The van der Waals surface area contributed by atoms with Gasteiger partial charge in [-0.05, 0) is 62.0 Å². The van der Waals surface area contributed by atoms with Gasteiger partial charge in [-0.15, -0.1) is 0 Å². The average molecular weight is 456 g/mol. The van der Waals surface area contributed by atoms with E-state index in [-0.39, 0.29) is 0 Å². The second-order valence-electron chi connectivity index (χ2n) is 9.63. The maximum absolute atomic E-state index is 2.52. The summed E-state index contributed by atoms with van der Waals surface area (Å²) in [6.45, 7) is 7.26. The fraction of sp³-hybridized carbons (Fsp3) is 0.176. The first-order valence-electron chi connectivity index (χ1n) is 12.6. The van der Waals surface area contributed by atoms with Gasteiger partial charge in [0.25, 0.3) is 0 Å². The number of rotatable bonds is 6. The van der Waals surface area contributed by atoms with Gasteiger partial charge in [-0.25, -0.2) is 0 Å². The molecule has 0 atom stereocenters. The lowest BCUT2D eigenvalue weighted by atomic mass is 9.94. The molecule has 1 aliphatic carbocycles. The van der Waals surface area contributed by atoms with Gasteiger partial charge in [0.1, 0.15) is 0 Å². The molecule has 1 heteroatoms. The van der Waals surface area contributed by atoms with Gasteiger partial charge in [0, 0.05) is 23.0 Å². The van der Waals surface area contributed by atoms with Crippen LogP contribution in [0.3, 0.4) is 0 Å². The van der Waals surface area contributed by atoms with Crippen LogP contribution in [-0.2, 0) is 6.54 Å². The summed E-state index contributed by atoms with van der Waals surface area (Å²) in [4.78, 5) is 0. The van der Waals surface area contributed by atoms with Crippen molar-refractivity contribution in [2.24, 2.45) is 0 Å². The molecule has 1 aromatic heterocycles. The Morgan fingerprint density at radius 1 is 0.829 bits per heavy atom. The molecule has 0 radical (unpaired) electrons. The molecular weight excluding hydrogens is 422 g/mol. The lowest BCUT2D eigenvalue weighted by Gasteiger charge is -2.17. The molecule has 5 rings (SSSR count). The van der Waals surface area contributed by atoms with Crippen LogP contribution < -0.4 is 0 Å². The van der Waals surface area contributed by atoms with Crippen LogP contribution in [-0.4, -0.2) is 4.57 Å². The Hall–Kier alpha value is -3.84. The highest BCUT2D eigenvalue weighted by atomic mass is 15.0. The smallest absolute Gasteiger partial charge is 0.0574 e. The predicted molar refractivity (Wildman–Crippen MR) is 152 cm³/mol. The minimum Gasteiger partial charge on any atom is -0.335 e. The predicted octanol–water partition coefficient (Wildman–Crippen LogP) is 9.40. The number of hydrogen-bond acceptors (Lipinski definition) is 0. The van der Waals surface area contributed by atoms with Crippen LogP contribution in [0.2, 0.25) is 0 Å². The van der Waals surface area contributed by atoms with Gasteiger partial charge in [-0.3, -0.25) is 0 Å². The van der Waals surface area contributed by atoms with Crippen molar-refractivity contribution in [2.45, 2.75) is 40.2 Å². The second kappa shape index (κ2) is 10.2. The topological polar surface area (TPSA) is 4.93 Å². The lowest BCUT2D eigenvalue weighted by molar-refractivity contribution is 0.885. The molecule has 0 N–H and O–H groups in total. The van der Waals surface area contributed by atoms with Crippen molar-refractivity contribution >= 4 is 22.0 Å². The Balaban J connectivity index is 1.77. The fourth-order valence-corrected chi connectivity index (χ4v) is 4.90. The van der Waals surface area contributed by atoms with Crippen molar-refractivity contribution in [1.82, 2.24) is 4.57 Å². The Kier molecular flexibility index (Phi) is 6.68. The van der Waals surface area contributed by atoms with Crippen LogP contribution >= 0.6 is 0 Å². The SMILES string of the molecule is CC(C)=C/C=C(\Cn1c(-c2ccccc2)c(C2=CCCC=C2)c2ccccc21)c1ccc(C)cc1. The zero-order chi connectivity index (χ0) is 24.2. The molecule has 174 valence electrons. The molecule has 0 saturated carbocycles. The highest BCUT2D eigenvalue weighted by Gasteiger charge is 2.21. The van der Waals surface area contributed by atoms with E-state index in [4.69, 9.17) is 0 Å². The van der Waals surface area contributed by atoms with Gasteiger partial charge < -0.3 is 4.57 Å². The highest BCUT2D eigenvalue weighted by molar-refractivity contribution is 6.03. The molecule has 0 fully saturated rings. The summed E-state index contributed by atoms with van der Waals surface area (Å²) in [7, 11) is 0. The molecular formula is C34H33N. The fourth-order valence-electron chi connectivity index (χ4n) is 4.90. The van der Waals surface area contributed by atoms with Crippen molar-refractivity contribution in [3.8, 4) is 11.3 Å². The third-order valence-corrected chi connectivity index (χ3v) is 6.67. The number of aryl methyl sites for hydroxylation is 1. The lowest BCUT2D eigenvalue weighted by Crippen LogP contribution is -2.04. The summed E-state index contributed by atoms with van der Waals surface area (Å²) in [6.07, 6.45) is 13.8.